The third-order valence-corrected chi connectivity index (χ3v) is 2.68. The highest BCUT2D eigenvalue weighted by molar-refractivity contribution is 5.77. The maximum atomic E-state index is 11.7. The second-order valence-electron chi connectivity index (χ2n) is 4.44. The number of ether oxygens (including phenoxy) is 1. The molecule has 0 aliphatic carbocycles. The number of benzene rings is 1. The Morgan fingerprint density at radius 3 is 2.53 bits per heavy atom. The van der Waals surface area contributed by atoms with Crippen molar-refractivity contribution in [2.75, 3.05) is 13.7 Å². The van der Waals surface area contributed by atoms with Crippen LogP contribution in [0.3, 0.4) is 0 Å². The summed E-state index contributed by atoms with van der Waals surface area (Å²) in [4.78, 5) is 11.7. The zero-order chi connectivity index (χ0) is 12.7. The first-order chi connectivity index (χ1) is 8.13. The van der Waals surface area contributed by atoms with Crippen LogP contribution >= 0.6 is 0 Å². The summed E-state index contributed by atoms with van der Waals surface area (Å²) in [5, 5.41) is 2.92. The Morgan fingerprint density at radius 1 is 1.29 bits per heavy atom. The molecule has 0 aliphatic heterocycles. The molecule has 0 fully saturated rings. The van der Waals surface area contributed by atoms with E-state index in [1.54, 1.807) is 7.11 Å². The lowest BCUT2D eigenvalue weighted by Crippen LogP contribution is -2.36. The average Bonchev–Trinajstić information content (AvgIpc) is 2.30. The molecule has 1 amide bonds. The van der Waals surface area contributed by atoms with Crippen LogP contribution in [0.2, 0.25) is 0 Å². The molecule has 2 atom stereocenters. The fraction of sp³-hybridized carbons (Fsp3) is 0.500. The first-order valence-corrected chi connectivity index (χ1v) is 5.96. The highest BCUT2D eigenvalue weighted by Gasteiger charge is 2.12. The number of amides is 1. The summed E-state index contributed by atoms with van der Waals surface area (Å²) < 4.78 is 4.98. The predicted octanol–water partition coefficient (Wildman–Crippen LogP) is 2.33. The van der Waals surface area contributed by atoms with Gasteiger partial charge in [-0.05, 0) is 18.4 Å². The molecule has 3 heteroatoms. The van der Waals surface area contributed by atoms with E-state index in [2.05, 4.69) is 24.4 Å². The van der Waals surface area contributed by atoms with Crippen molar-refractivity contribution < 1.29 is 9.53 Å². The van der Waals surface area contributed by atoms with E-state index in [0.717, 1.165) is 0 Å². The fourth-order valence-corrected chi connectivity index (χ4v) is 1.80. The molecule has 1 rings (SSSR count). The molecule has 0 radical (unpaired) electrons. The van der Waals surface area contributed by atoms with Gasteiger partial charge in [0.25, 0.3) is 0 Å². The SMILES string of the molecule is COC[C@@H](C)NC(=O)C[C@@H](C)c1ccccc1. The normalized spacial score (nSPS) is 14.1. The van der Waals surface area contributed by atoms with Crippen molar-refractivity contribution in [3.63, 3.8) is 0 Å². The summed E-state index contributed by atoms with van der Waals surface area (Å²) >= 11 is 0. The van der Waals surface area contributed by atoms with Crippen molar-refractivity contribution in [1.29, 1.82) is 0 Å². The number of carbonyl (C=O) groups is 1. The van der Waals surface area contributed by atoms with Crippen LogP contribution in [0.5, 0.6) is 0 Å². The molecule has 0 unspecified atom stereocenters. The molecule has 1 N–H and O–H groups in total. The molecule has 3 nitrogen and oxygen atoms in total. The molecular formula is C14H21NO2. The average molecular weight is 235 g/mol. The first kappa shape index (κ1) is 13.7. The summed E-state index contributed by atoms with van der Waals surface area (Å²) in [6, 6.07) is 10.1. The highest BCUT2D eigenvalue weighted by atomic mass is 16.5. The van der Waals surface area contributed by atoms with E-state index in [9.17, 15) is 4.79 Å². The molecular weight excluding hydrogens is 214 g/mol. The summed E-state index contributed by atoms with van der Waals surface area (Å²) in [5.41, 5.74) is 1.20. The zero-order valence-electron chi connectivity index (χ0n) is 10.8. The monoisotopic (exact) mass is 235 g/mol. The van der Waals surface area contributed by atoms with Crippen LogP contribution in [0.4, 0.5) is 0 Å². The minimum Gasteiger partial charge on any atom is -0.383 e. The van der Waals surface area contributed by atoms with Crippen molar-refractivity contribution >= 4 is 5.91 Å². The van der Waals surface area contributed by atoms with Crippen LogP contribution in [0, 0.1) is 0 Å². The minimum absolute atomic E-state index is 0.0653. The van der Waals surface area contributed by atoms with Gasteiger partial charge in [-0.15, -0.1) is 0 Å². The van der Waals surface area contributed by atoms with Gasteiger partial charge in [0.2, 0.25) is 5.91 Å². The zero-order valence-corrected chi connectivity index (χ0v) is 10.8. The molecule has 1 aromatic rings. The van der Waals surface area contributed by atoms with Gasteiger partial charge in [0.05, 0.1) is 6.61 Å². The van der Waals surface area contributed by atoms with Crippen LogP contribution < -0.4 is 5.32 Å². The van der Waals surface area contributed by atoms with E-state index < -0.39 is 0 Å². The molecule has 0 saturated carbocycles. The number of rotatable bonds is 6. The lowest BCUT2D eigenvalue weighted by molar-refractivity contribution is -0.122. The molecule has 0 aromatic heterocycles. The third kappa shape index (κ3) is 5.00. The molecule has 0 bridgehead atoms. The molecule has 0 spiro atoms. The van der Waals surface area contributed by atoms with Gasteiger partial charge in [0, 0.05) is 19.6 Å². The van der Waals surface area contributed by atoms with Crippen LogP contribution in [0.15, 0.2) is 30.3 Å². The van der Waals surface area contributed by atoms with E-state index >= 15 is 0 Å². The second-order valence-corrected chi connectivity index (χ2v) is 4.44. The quantitative estimate of drug-likeness (QED) is 0.822. The Labute approximate surface area is 103 Å². The van der Waals surface area contributed by atoms with Crippen LogP contribution in [-0.4, -0.2) is 25.7 Å². The standard InChI is InChI=1S/C14H21NO2/c1-11(13-7-5-4-6-8-13)9-14(16)15-12(2)10-17-3/h4-8,11-12H,9-10H2,1-3H3,(H,15,16)/t11-,12-/m1/s1. The van der Waals surface area contributed by atoms with Gasteiger partial charge in [-0.3, -0.25) is 4.79 Å². The van der Waals surface area contributed by atoms with Gasteiger partial charge in [0.1, 0.15) is 0 Å². The Kier molecular flexibility index (Phi) is 5.70. The maximum Gasteiger partial charge on any atom is 0.220 e. The third-order valence-electron chi connectivity index (χ3n) is 2.68. The number of carbonyl (C=O) groups excluding carboxylic acids is 1. The fourth-order valence-electron chi connectivity index (χ4n) is 1.80. The first-order valence-electron chi connectivity index (χ1n) is 5.96. The lowest BCUT2D eigenvalue weighted by Gasteiger charge is -2.15. The number of hydrogen-bond acceptors (Lipinski definition) is 2. The Morgan fingerprint density at radius 2 is 1.94 bits per heavy atom. The van der Waals surface area contributed by atoms with Gasteiger partial charge in [-0.2, -0.15) is 0 Å². The highest BCUT2D eigenvalue weighted by Crippen LogP contribution is 2.18. The van der Waals surface area contributed by atoms with E-state index in [1.165, 1.54) is 5.56 Å². The van der Waals surface area contributed by atoms with Crippen LogP contribution in [-0.2, 0) is 9.53 Å². The Bertz CT molecular complexity index is 337. The van der Waals surface area contributed by atoms with Crippen LogP contribution in [0.1, 0.15) is 31.7 Å². The number of methoxy groups -OCH3 is 1. The van der Waals surface area contributed by atoms with Crippen molar-refractivity contribution in [3.05, 3.63) is 35.9 Å². The van der Waals surface area contributed by atoms with E-state index in [4.69, 9.17) is 4.74 Å². The molecule has 0 heterocycles. The Balaban J connectivity index is 2.41. The molecule has 1 aromatic carbocycles. The molecule has 0 saturated heterocycles. The van der Waals surface area contributed by atoms with E-state index in [1.807, 2.05) is 25.1 Å². The summed E-state index contributed by atoms with van der Waals surface area (Å²) in [6.07, 6.45) is 0.512. The van der Waals surface area contributed by atoms with Crippen LogP contribution in [0.25, 0.3) is 0 Å². The predicted molar refractivity (Wildman–Crippen MR) is 69.0 cm³/mol. The second kappa shape index (κ2) is 7.07. The lowest BCUT2D eigenvalue weighted by atomic mass is 9.97. The molecule has 17 heavy (non-hydrogen) atoms. The maximum absolute atomic E-state index is 11.7. The topological polar surface area (TPSA) is 38.3 Å². The largest absolute Gasteiger partial charge is 0.383 e. The van der Waals surface area contributed by atoms with Crippen molar-refractivity contribution in [2.24, 2.45) is 0 Å². The van der Waals surface area contributed by atoms with Gasteiger partial charge in [0.15, 0.2) is 0 Å². The Hall–Kier alpha value is -1.35. The van der Waals surface area contributed by atoms with Gasteiger partial charge < -0.3 is 10.1 Å². The van der Waals surface area contributed by atoms with Gasteiger partial charge >= 0.3 is 0 Å². The summed E-state index contributed by atoms with van der Waals surface area (Å²) in [7, 11) is 1.63. The van der Waals surface area contributed by atoms with Gasteiger partial charge in [-0.1, -0.05) is 37.3 Å². The smallest absolute Gasteiger partial charge is 0.220 e. The molecule has 94 valence electrons. The van der Waals surface area contributed by atoms with Crippen molar-refractivity contribution in [1.82, 2.24) is 5.32 Å². The summed E-state index contributed by atoms with van der Waals surface area (Å²) in [5.74, 6) is 0.317. The number of hydrogen-bond donors (Lipinski definition) is 1. The minimum atomic E-state index is 0.0653. The van der Waals surface area contributed by atoms with Crippen molar-refractivity contribution in [2.45, 2.75) is 32.2 Å². The van der Waals surface area contributed by atoms with Crippen molar-refractivity contribution in [3.8, 4) is 0 Å². The number of nitrogens with one attached hydrogen (secondary N) is 1. The summed E-state index contributed by atoms with van der Waals surface area (Å²) in [6.45, 7) is 4.55. The van der Waals surface area contributed by atoms with Gasteiger partial charge in [-0.25, -0.2) is 0 Å². The van der Waals surface area contributed by atoms with E-state index in [-0.39, 0.29) is 17.9 Å². The molecule has 0 aliphatic rings. The van der Waals surface area contributed by atoms with E-state index in [0.29, 0.717) is 13.0 Å².